The first-order valence-electron chi connectivity index (χ1n) is 8.71. The Hall–Kier alpha value is -1.71. The highest BCUT2D eigenvalue weighted by Crippen LogP contribution is 2.31. The quantitative estimate of drug-likeness (QED) is 0.911. The first kappa shape index (κ1) is 13.9. The number of benzene rings is 1. The fourth-order valence-electron chi connectivity index (χ4n) is 4.10. The number of rotatable bonds is 2. The Morgan fingerprint density at radius 1 is 1.09 bits per heavy atom. The lowest BCUT2D eigenvalue weighted by Crippen LogP contribution is -2.64. The maximum atomic E-state index is 12.3. The van der Waals surface area contributed by atoms with Crippen LogP contribution in [0.5, 0.6) is 0 Å². The summed E-state index contributed by atoms with van der Waals surface area (Å²) in [6.07, 6.45) is 7.24. The molecule has 0 unspecified atom stereocenters. The standard InChI is InChI=1S/C18H25N3O/c22-18(19-15-8-2-3-9-15)20-12-16(13-20)21-11-5-7-14-6-1-4-10-17(14)21/h1,4,6,10,15-16H,2-3,5,7-9,11-13H2,(H,19,22). The van der Waals surface area contributed by atoms with Crippen LogP contribution in [0.1, 0.15) is 37.7 Å². The monoisotopic (exact) mass is 299 g/mol. The maximum absolute atomic E-state index is 12.3. The number of fused-ring (bicyclic) bond motifs is 1. The molecule has 2 heterocycles. The molecule has 4 rings (SSSR count). The predicted octanol–water partition coefficient (Wildman–Crippen LogP) is 2.78. The van der Waals surface area contributed by atoms with E-state index >= 15 is 0 Å². The van der Waals surface area contributed by atoms with Gasteiger partial charge < -0.3 is 15.1 Å². The van der Waals surface area contributed by atoms with Gasteiger partial charge in [-0.05, 0) is 37.3 Å². The van der Waals surface area contributed by atoms with Crippen molar-refractivity contribution in [2.24, 2.45) is 0 Å². The van der Waals surface area contributed by atoms with Crippen molar-refractivity contribution in [2.45, 2.75) is 50.6 Å². The molecule has 1 aliphatic carbocycles. The summed E-state index contributed by atoms with van der Waals surface area (Å²) < 4.78 is 0. The summed E-state index contributed by atoms with van der Waals surface area (Å²) in [6.45, 7) is 2.86. The summed E-state index contributed by atoms with van der Waals surface area (Å²) in [7, 11) is 0. The topological polar surface area (TPSA) is 35.6 Å². The third-order valence-electron chi connectivity index (χ3n) is 5.42. The van der Waals surface area contributed by atoms with Crippen molar-refractivity contribution < 1.29 is 4.79 Å². The number of amides is 2. The van der Waals surface area contributed by atoms with Crippen LogP contribution in [0.25, 0.3) is 0 Å². The highest BCUT2D eigenvalue weighted by Gasteiger charge is 2.37. The fraction of sp³-hybridized carbons (Fsp3) is 0.611. The molecule has 4 nitrogen and oxygen atoms in total. The highest BCUT2D eigenvalue weighted by atomic mass is 16.2. The van der Waals surface area contributed by atoms with Gasteiger partial charge in [-0.25, -0.2) is 4.79 Å². The van der Waals surface area contributed by atoms with Gasteiger partial charge in [0, 0.05) is 31.4 Å². The van der Waals surface area contributed by atoms with Gasteiger partial charge in [0.1, 0.15) is 0 Å². The van der Waals surface area contributed by atoms with Crippen molar-refractivity contribution in [3.8, 4) is 0 Å². The van der Waals surface area contributed by atoms with Crippen molar-refractivity contribution in [3.63, 3.8) is 0 Å². The van der Waals surface area contributed by atoms with Crippen LogP contribution in [0, 0.1) is 0 Å². The van der Waals surface area contributed by atoms with Gasteiger partial charge >= 0.3 is 6.03 Å². The second kappa shape index (κ2) is 5.82. The molecule has 2 amide bonds. The number of urea groups is 1. The Bertz CT molecular complexity index is 547. The first-order valence-corrected chi connectivity index (χ1v) is 8.71. The van der Waals surface area contributed by atoms with Crippen molar-refractivity contribution in [3.05, 3.63) is 29.8 Å². The summed E-state index contributed by atoms with van der Waals surface area (Å²) in [5.41, 5.74) is 2.84. The summed E-state index contributed by atoms with van der Waals surface area (Å²) in [4.78, 5) is 16.7. The second-order valence-electron chi connectivity index (χ2n) is 6.92. The van der Waals surface area contributed by atoms with E-state index in [0.717, 1.165) is 32.5 Å². The number of anilines is 1. The Balaban J connectivity index is 1.34. The van der Waals surface area contributed by atoms with Crippen molar-refractivity contribution in [1.29, 1.82) is 0 Å². The number of aryl methyl sites for hydroxylation is 1. The van der Waals surface area contributed by atoms with Crippen LogP contribution in [0.2, 0.25) is 0 Å². The van der Waals surface area contributed by atoms with Gasteiger partial charge in [-0.2, -0.15) is 0 Å². The van der Waals surface area contributed by atoms with Gasteiger partial charge in [0.15, 0.2) is 0 Å². The molecule has 0 radical (unpaired) electrons. The van der Waals surface area contributed by atoms with Crippen molar-refractivity contribution in [2.75, 3.05) is 24.5 Å². The second-order valence-corrected chi connectivity index (χ2v) is 6.92. The molecule has 0 aromatic heterocycles. The number of nitrogens with zero attached hydrogens (tertiary/aromatic N) is 2. The van der Waals surface area contributed by atoms with E-state index in [0.29, 0.717) is 12.1 Å². The highest BCUT2D eigenvalue weighted by molar-refractivity contribution is 5.76. The molecule has 0 spiro atoms. The first-order chi connectivity index (χ1) is 10.8. The molecule has 118 valence electrons. The van der Waals surface area contributed by atoms with Crippen LogP contribution in [-0.2, 0) is 6.42 Å². The fourth-order valence-corrected chi connectivity index (χ4v) is 4.10. The van der Waals surface area contributed by atoms with E-state index in [1.165, 1.54) is 36.9 Å². The van der Waals surface area contributed by atoms with E-state index in [1.54, 1.807) is 0 Å². The molecule has 1 aromatic rings. The number of hydrogen-bond donors (Lipinski definition) is 1. The van der Waals surface area contributed by atoms with Gasteiger partial charge in [-0.3, -0.25) is 0 Å². The lowest BCUT2D eigenvalue weighted by atomic mass is 9.97. The average molecular weight is 299 g/mol. The zero-order valence-electron chi connectivity index (χ0n) is 13.1. The molecule has 2 fully saturated rings. The molecule has 2 aliphatic heterocycles. The summed E-state index contributed by atoms with van der Waals surface area (Å²) in [6, 6.07) is 9.79. The average Bonchev–Trinajstić information content (AvgIpc) is 2.99. The summed E-state index contributed by atoms with van der Waals surface area (Å²) in [5.74, 6) is 0. The molecular formula is C18H25N3O. The molecule has 1 N–H and O–H groups in total. The zero-order chi connectivity index (χ0) is 14.9. The molecule has 1 saturated carbocycles. The number of hydrogen-bond acceptors (Lipinski definition) is 2. The lowest BCUT2D eigenvalue weighted by molar-refractivity contribution is 0.145. The molecule has 22 heavy (non-hydrogen) atoms. The van der Waals surface area contributed by atoms with Crippen LogP contribution in [-0.4, -0.2) is 42.6 Å². The maximum Gasteiger partial charge on any atom is 0.317 e. The van der Waals surface area contributed by atoms with E-state index in [4.69, 9.17) is 0 Å². The number of carbonyl (C=O) groups is 1. The molecule has 0 atom stereocenters. The van der Waals surface area contributed by atoms with Gasteiger partial charge in [0.25, 0.3) is 0 Å². The normalized spacial score (nSPS) is 22.4. The smallest absolute Gasteiger partial charge is 0.317 e. The Morgan fingerprint density at radius 3 is 2.68 bits per heavy atom. The molecular weight excluding hydrogens is 274 g/mol. The molecule has 0 bridgehead atoms. The number of para-hydroxylation sites is 1. The minimum atomic E-state index is 0.147. The molecule has 1 aromatic carbocycles. The minimum absolute atomic E-state index is 0.147. The number of likely N-dealkylation sites (tertiary alicyclic amines) is 1. The summed E-state index contributed by atoms with van der Waals surface area (Å²) in [5, 5.41) is 3.19. The SMILES string of the molecule is O=C(NC1CCCC1)N1CC(N2CCCc3ccccc32)C1. The Morgan fingerprint density at radius 2 is 1.86 bits per heavy atom. The summed E-state index contributed by atoms with van der Waals surface area (Å²) >= 11 is 0. The predicted molar refractivity (Wildman–Crippen MR) is 88.3 cm³/mol. The van der Waals surface area contributed by atoms with E-state index in [-0.39, 0.29) is 6.03 Å². The van der Waals surface area contributed by atoms with E-state index < -0.39 is 0 Å². The van der Waals surface area contributed by atoms with Gasteiger partial charge in [-0.1, -0.05) is 31.0 Å². The van der Waals surface area contributed by atoms with Gasteiger partial charge in [0.05, 0.1) is 6.04 Å². The third kappa shape index (κ3) is 2.55. The third-order valence-corrected chi connectivity index (χ3v) is 5.42. The van der Waals surface area contributed by atoms with Crippen LogP contribution in [0.3, 0.4) is 0 Å². The van der Waals surface area contributed by atoms with E-state index in [9.17, 15) is 4.79 Å². The zero-order valence-corrected chi connectivity index (χ0v) is 13.1. The molecule has 1 saturated heterocycles. The molecule has 3 aliphatic rings. The van der Waals surface area contributed by atoms with E-state index in [1.807, 2.05) is 4.90 Å². The molecule has 4 heteroatoms. The lowest BCUT2D eigenvalue weighted by Gasteiger charge is -2.48. The van der Waals surface area contributed by atoms with E-state index in [2.05, 4.69) is 34.5 Å². The largest absolute Gasteiger partial charge is 0.365 e. The van der Waals surface area contributed by atoms with Crippen LogP contribution >= 0.6 is 0 Å². The van der Waals surface area contributed by atoms with Crippen LogP contribution in [0.15, 0.2) is 24.3 Å². The number of nitrogens with one attached hydrogen (secondary N) is 1. The Kier molecular flexibility index (Phi) is 3.68. The Labute approximate surface area is 132 Å². The van der Waals surface area contributed by atoms with Crippen molar-refractivity contribution >= 4 is 11.7 Å². The van der Waals surface area contributed by atoms with Crippen molar-refractivity contribution in [1.82, 2.24) is 10.2 Å². The van der Waals surface area contributed by atoms with Gasteiger partial charge in [-0.15, -0.1) is 0 Å². The van der Waals surface area contributed by atoms with Gasteiger partial charge in [0.2, 0.25) is 0 Å². The van der Waals surface area contributed by atoms with Crippen LogP contribution < -0.4 is 10.2 Å². The number of carbonyl (C=O) groups excluding carboxylic acids is 1. The van der Waals surface area contributed by atoms with Crippen LogP contribution in [0.4, 0.5) is 10.5 Å². The minimum Gasteiger partial charge on any atom is -0.365 e.